The number of nitrogens with zero attached hydrogens (tertiary/aromatic N) is 3. The first-order valence-electron chi connectivity index (χ1n) is 20.8. The van der Waals surface area contributed by atoms with Gasteiger partial charge in [-0.05, 0) is 139 Å². The van der Waals surface area contributed by atoms with Gasteiger partial charge in [0.2, 0.25) is 0 Å². The summed E-state index contributed by atoms with van der Waals surface area (Å²) in [5, 5.41) is 2.50. The molecule has 1 aromatic heterocycles. The second-order valence-corrected chi connectivity index (χ2v) is 16.2. The Balaban J connectivity index is 0.992. The second kappa shape index (κ2) is 14.3. The van der Waals surface area contributed by atoms with E-state index in [0.717, 1.165) is 34.4 Å². The van der Waals surface area contributed by atoms with Crippen molar-refractivity contribution in [3.05, 3.63) is 223 Å². The Morgan fingerprint density at radius 1 is 0.397 bits per heavy atom. The summed E-state index contributed by atoms with van der Waals surface area (Å²) in [6.45, 7) is 0. The van der Waals surface area contributed by atoms with E-state index in [0.29, 0.717) is 5.92 Å². The van der Waals surface area contributed by atoms with Crippen LogP contribution in [-0.2, 0) is 5.41 Å². The highest BCUT2D eigenvalue weighted by atomic mass is 15.1. The predicted octanol–water partition coefficient (Wildman–Crippen LogP) is 14.8. The van der Waals surface area contributed by atoms with Crippen LogP contribution in [0.3, 0.4) is 0 Å². The Labute approximate surface area is 341 Å². The average molecular weight is 748 g/mol. The summed E-state index contributed by atoms with van der Waals surface area (Å²) >= 11 is 0. The van der Waals surface area contributed by atoms with Crippen molar-refractivity contribution in [3.8, 4) is 5.69 Å². The molecule has 8 aromatic carbocycles. The summed E-state index contributed by atoms with van der Waals surface area (Å²) in [4.78, 5) is 4.78. The lowest BCUT2D eigenvalue weighted by atomic mass is 9.64. The molecule has 0 N–H and O–H groups in total. The molecule has 3 nitrogen and oxygen atoms in total. The van der Waals surface area contributed by atoms with Crippen molar-refractivity contribution in [2.75, 3.05) is 9.80 Å². The molecule has 2 aliphatic carbocycles. The highest BCUT2D eigenvalue weighted by Gasteiger charge is 2.52. The molecule has 2 aliphatic rings. The van der Waals surface area contributed by atoms with Gasteiger partial charge in [0.1, 0.15) is 0 Å². The van der Waals surface area contributed by atoms with Crippen LogP contribution >= 0.6 is 0 Å². The van der Waals surface area contributed by atoms with Gasteiger partial charge in [0.15, 0.2) is 0 Å². The molecule has 0 spiro atoms. The minimum Gasteiger partial charge on any atom is -0.311 e. The molecule has 2 fully saturated rings. The topological polar surface area (TPSA) is 11.4 Å². The van der Waals surface area contributed by atoms with Gasteiger partial charge in [0.25, 0.3) is 0 Å². The van der Waals surface area contributed by atoms with E-state index in [1.165, 1.54) is 70.0 Å². The number of fused-ring (bicyclic) bond motifs is 5. The Morgan fingerprint density at radius 2 is 0.845 bits per heavy atom. The van der Waals surface area contributed by atoms with Crippen molar-refractivity contribution in [3.63, 3.8) is 0 Å². The van der Waals surface area contributed by atoms with Crippen LogP contribution in [0.25, 0.3) is 27.5 Å². The molecule has 58 heavy (non-hydrogen) atoms. The van der Waals surface area contributed by atoms with Crippen molar-refractivity contribution in [1.29, 1.82) is 0 Å². The summed E-state index contributed by atoms with van der Waals surface area (Å²) in [5.41, 5.74) is 13.4. The maximum absolute atomic E-state index is 2.44. The number of anilines is 6. The van der Waals surface area contributed by atoms with Gasteiger partial charge in [-0.3, -0.25) is 0 Å². The number of hydrogen-bond acceptors (Lipinski definition) is 2. The van der Waals surface area contributed by atoms with E-state index in [2.05, 4.69) is 227 Å². The first-order chi connectivity index (χ1) is 28.7. The number of aromatic nitrogens is 1. The van der Waals surface area contributed by atoms with Crippen molar-refractivity contribution in [2.24, 2.45) is 11.8 Å². The maximum Gasteiger partial charge on any atom is 0.0542 e. The number of rotatable bonds is 9. The molecule has 11 rings (SSSR count). The Kier molecular flexibility index (Phi) is 8.47. The smallest absolute Gasteiger partial charge is 0.0542 e. The predicted molar refractivity (Wildman–Crippen MR) is 243 cm³/mol. The van der Waals surface area contributed by atoms with E-state index < -0.39 is 0 Å². The standard InChI is InChI=1S/C55H45N3/c1-5-15-44(16-6-1)56(45-17-7-2-8-18-45)48-31-27-41(28-32-48)55(39-40-25-26-43(55)37-40)42-29-33-49(34-30-42)57(46-19-9-3-10-20-46)50-35-36-54-52(38-50)51-23-13-14-24-53(51)58(54)47-21-11-4-12-22-47/h1-24,27-36,38,40,43H,25-26,37,39H2. The fraction of sp³-hybridized carbons (Fsp3) is 0.127. The summed E-state index contributed by atoms with van der Waals surface area (Å²) in [5.74, 6) is 1.42. The molecule has 2 saturated carbocycles. The molecule has 280 valence electrons. The summed E-state index contributed by atoms with van der Waals surface area (Å²) < 4.78 is 2.39. The van der Waals surface area contributed by atoms with Crippen molar-refractivity contribution < 1.29 is 0 Å². The van der Waals surface area contributed by atoms with Crippen LogP contribution in [0.15, 0.2) is 212 Å². The molecule has 0 aliphatic heterocycles. The van der Waals surface area contributed by atoms with Crippen LogP contribution in [0.5, 0.6) is 0 Å². The quantitative estimate of drug-likeness (QED) is 0.146. The molecule has 3 heteroatoms. The SMILES string of the molecule is c1ccc(N(c2ccccc2)c2ccc(C3(c4ccc(N(c5ccccc5)c5ccc6c(c5)c5ccccc5n6-c5ccccc5)cc4)CC4CCC3C4)cc2)cc1. The third kappa shape index (κ3) is 5.72. The molecular formula is C55H45N3. The average Bonchev–Trinajstić information content (AvgIpc) is 4.01. The Bertz CT molecular complexity index is 2790. The first-order valence-corrected chi connectivity index (χ1v) is 20.8. The third-order valence-corrected chi connectivity index (χ3v) is 13.1. The zero-order valence-electron chi connectivity index (χ0n) is 32.5. The van der Waals surface area contributed by atoms with Gasteiger partial charge in [-0.1, -0.05) is 122 Å². The lowest BCUT2D eigenvalue weighted by molar-refractivity contribution is 0.320. The molecular weight excluding hydrogens is 703 g/mol. The van der Waals surface area contributed by atoms with Crippen LogP contribution in [0.2, 0.25) is 0 Å². The zero-order chi connectivity index (χ0) is 38.5. The van der Waals surface area contributed by atoms with Gasteiger partial charge >= 0.3 is 0 Å². The second-order valence-electron chi connectivity index (χ2n) is 16.2. The number of hydrogen-bond donors (Lipinski definition) is 0. The van der Waals surface area contributed by atoms with Gasteiger partial charge in [-0.25, -0.2) is 0 Å². The van der Waals surface area contributed by atoms with E-state index in [1.807, 2.05) is 0 Å². The fourth-order valence-corrected chi connectivity index (χ4v) is 10.6. The summed E-state index contributed by atoms with van der Waals surface area (Å²) in [6, 6.07) is 77.9. The molecule has 0 saturated heterocycles. The molecule has 1 heterocycles. The van der Waals surface area contributed by atoms with Crippen LogP contribution in [0.1, 0.15) is 36.8 Å². The highest BCUT2D eigenvalue weighted by molar-refractivity contribution is 6.10. The Hall–Kier alpha value is -6.84. The minimum absolute atomic E-state index is 0.0000540. The van der Waals surface area contributed by atoms with Crippen LogP contribution in [0, 0.1) is 11.8 Å². The highest BCUT2D eigenvalue weighted by Crippen LogP contribution is 2.60. The van der Waals surface area contributed by atoms with Crippen LogP contribution in [-0.4, -0.2) is 4.57 Å². The van der Waals surface area contributed by atoms with Gasteiger partial charge < -0.3 is 14.4 Å². The minimum atomic E-state index is 0.0000540. The molecule has 3 atom stereocenters. The van der Waals surface area contributed by atoms with Crippen LogP contribution < -0.4 is 9.80 Å². The van der Waals surface area contributed by atoms with Crippen LogP contribution in [0.4, 0.5) is 34.1 Å². The molecule has 3 unspecified atom stereocenters. The van der Waals surface area contributed by atoms with E-state index >= 15 is 0 Å². The van der Waals surface area contributed by atoms with E-state index in [-0.39, 0.29) is 5.41 Å². The fourth-order valence-electron chi connectivity index (χ4n) is 10.6. The Morgan fingerprint density at radius 3 is 1.36 bits per heavy atom. The zero-order valence-corrected chi connectivity index (χ0v) is 32.5. The summed E-state index contributed by atoms with van der Waals surface area (Å²) in [7, 11) is 0. The summed E-state index contributed by atoms with van der Waals surface area (Å²) in [6.07, 6.45) is 5.17. The van der Waals surface area contributed by atoms with Crippen molar-refractivity contribution >= 4 is 55.9 Å². The van der Waals surface area contributed by atoms with E-state index in [1.54, 1.807) is 0 Å². The molecule has 0 radical (unpaired) electrons. The monoisotopic (exact) mass is 747 g/mol. The van der Waals surface area contributed by atoms with Gasteiger partial charge in [-0.15, -0.1) is 0 Å². The molecule has 0 amide bonds. The first kappa shape index (κ1) is 34.4. The molecule has 9 aromatic rings. The number of benzene rings is 8. The normalized spacial score (nSPS) is 18.5. The van der Waals surface area contributed by atoms with E-state index in [9.17, 15) is 0 Å². The van der Waals surface area contributed by atoms with Gasteiger partial charge in [0.05, 0.1) is 11.0 Å². The van der Waals surface area contributed by atoms with E-state index in [4.69, 9.17) is 0 Å². The lowest BCUT2D eigenvalue weighted by Gasteiger charge is -2.40. The lowest BCUT2D eigenvalue weighted by Crippen LogP contribution is -2.34. The van der Waals surface area contributed by atoms with Crippen molar-refractivity contribution in [2.45, 2.75) is 31.1 Å². The van der Waals surface area contributed by atoms with Crippen molar-refractivity contribution in [1.82, 2.24) is 4.57 Å². The third-order valence-electron chi connectivity index (χ3n) is 13.1. The number of para-hydroxylation sites is 5. The van der Waals surface area contributed by atoms with Gasteiger partial charge in [-0.2, -0.15) is 0 Å². The maximum atomic E-state index is 2.44. The van der Waals surface area contributed by atoms with Gasteiger partial charge in [0, 0.05) is 56.0 Å². The molecule has 2 bridgehead atoms. The largest absolute Gasteiger partial charge is 0.311 e.